The fourth-order valence-corrected chi connectivity index (χ4v) is 1.79. The van der Waals surface area contributed by atoms with Crippen molar-refractivity contribution >= 4 is 29.2 Å². The van der Waals surface area contributed by atoms with Crippen molar-refractivity contribution in [2.24, 2.45) is 0 Å². The molecule has 2 aromatic rings. The summed E-state index contributed by atoms with van der Waals surface area (Å²) < 4.78 is 9.91. The van der Waals surface area contributed by atoms with Crippen LogP contribution in [0.15, 0.2) is 42.6 Å². The zero-order chi connectivity index (χ0) is 15.9. The number of nitrogens with zero attached hydrogens (tertiary/aromatic N) is 1. The minimum Gasteiger partial charge on any atom is -0.484 e. The van der Waals surface area contributed by atoms with Crippen molar-refractivity contribution in [1.82, 2.24) is 4.98 Å². The van der Waals surface area contributed by atoms with Gasteiger partial charge in [-0.3, -0.25) is 4.79 Å². The Morgan fingerprint density at radius 2 is 1.95 bits per heavy atom. The van der Waals surface area contributed by atoms with Crippen molar-refractivity contribution in [2.45, 2.75) is 0 Å². The molecule has 114 valence electrons. The van der Waals surface area contributed by atoms with Crippen molar-refractivity contribution in [2.75, 3.05) is 19.0 Å². The van der Waals surface area contributed by atoms with Crippen molar-refractivity contribution in [1.29, 1.82) is 0 Å². The number of carbonyl (C=O) groups excluding carboxylic acids is 2. The second-order valence-electron chi connectivity index (χ2n) is 4.19. The lowest BCUT2D eigenvalue weighted by atomic mass is 10.2. The summed E-state index contributed by atoms with van der Waals surface area (Å²) in [4.78, 5) is 26.9. The van der Waals surface area contributed by atoms with E-state index in [0.717, 1.165) is 0 Å². The summed E-state index contributed by atoms with van der Waals surface area (Å²) in [7, 11) is 1.31. The summed E-state index contributed by atoms with van der Waals surface area (Å²) in [5.74, 6) is -0.345. The maximum atomic E-state index is 11.8. The van der Waals surface area contributed by atoms with Crippen molar-refractivity contribution < 1.29 is 19.1 Å². The van der Waals surface area contributed by atoms with Gasteiger partial charge >= 0.3 is 5.97 Å². The predicted octanol–water partition coefficient (Wildman–Crippen LogP) is 2.54. The number of carbonyl (C=O) groups is 2. The van der Waals surface area contributed by atoms with Gasteiger partial charge in [0.15, 0.2) is 11.8 Å². The highest BCUT2D eigenvalue weighted by atomic mass is 35.5. The van der Waals surface area contributed by atoms with E-state index in [1.54, 1.807) is 36.4 Å². The molecule has 0 saturated heterocycles. The minimum atomic E-state index is -0.435. The van der Waals surface area contributed by atoms with Crippen LogP contribution in [0.5, 0.6) is 5.75 Å². The number of hydrogen-bond acceptors (Lipinski definition) is 5. The van der Waals surface area contributed by atoms with E-state index >= 15 is 0 Å². The second kappa shape index (κ2) is 7.42. The molecule has 22 heavy (non-hydrogen) atoms. The van der Waals surface area contributed by atoms with Gasteiger partial charge < -0.3 is 14.8 Å². The molecule has 0 fully saturated rings. The van der Waals surface area contributed by atoms with Gasteiger partial charge in [0.2, 0.25) is 0 Å². The number of nitrogens with one attached hydrogen (secondary N) is 1. The topological polar surface area (TPSA) is 77.5 Å². The van der Waals surface area contributed by atoms with Gasteiger partial charge in [-0.25, -0.2) is 9.78 Å². The maximum absolute atomic E-state index is 11.8. The van der Waals surface area contributed by atoms with Crippen molar-refractivity contribution in [3.63, 3.8) is 0 Å². The van der Waals surface area contributed by atoms with Crippen LogP contribution in [0.4, 0.5) is 5.69 Å². The molecule has 1 heterocycles. The van der Waals surface area contributed by atoms with Gasteiger partial charge in [0, 0.05) is 6.20 Å². The van der Waals surface area contributed by atoms with Gasteiger partial charge in [-0.15, -0.1) is 0 Å². The number of halogens is 1. The molecule has 0 spiro atoms. The van der Waals surface area contributed by atoms with Crippen molar-refractivity contribution in [3.8, 4) is 5.75 Å². The fraction of sp³-hybridized carbons (Fsp3) is 0.133. The fourth-order valence-electron chi connectivity index (χ4n) is 1.62. The second-order valence-corrected chi connectivity index (χ2v) is 4.55. The van der Waals surface area contributed by atoms with Crippen LogP contribution in [0.1, 0.15) is 10.4 Å². The number of ether oxygens (including phenoxy) is 2. The Morgan fingerprint density at radius 1 is 1.23 bits per heavy atom. The van der Waals surface area contributed by atoms with E-state index in [0.29, 0.717) is 17.0 Å². The summed E-state index contributed by atoms with van der Waals surface area (Å²) in [6.07, 6.45) is 1.53. The first-order valence-corrected chi connectivity index (χ1v) is 6.69. The quantitative estimate of drug-likeness (QED) is 0.676. The molecule has 2 rings (SSSR count). The number of pyridine rings is 1. The molecule has 0 bridgehead atoms. The van der Waals surface area contributed by atoms with Gasteiger partial charge in [0.25, 0.3) is 5.91 Å². The Morgan fingerprint density at radius 3 is 2.59 bits per heavy atom. The molecule has 0 aliphatic rings. The van der Waals surface area contributed by atoms with Gasteiger partial charge in [0.1, 0.15) is 5.75 Å². The number of rotatable bonds is 5. The molecule has 7 heteroatoms. The molecule has 0 aliphatic heterocycles. The first-order chi connectivity index (χ1) is 10.6. The highest BCUT2D eigenvalue weighted by Crippen LogP contribution is 2.17. The standard InChI is InChI=1S/C15H13ClN2O4/c1-21-15(20)10-4-6-11(7-5-10)22-9-13(19)18-12-3-2-8-17-14(12)16/h2-8H,9H2,1H3,(H,18,19). The van der Waals surface area contributed by atoms with E-state index in [-0.39, 0.29) is 17.7 Å². The van der Waals surface area contributed by atoms with Gasteiger partial charge in [-0.05, 0) is 36.4 Å². The monoisotopic (exact) mass is 320 g/mol. The van der Waals surface area contributed by atoms with Crippen molar-refractivity contribution in [3.05, 3.63) is 53.3 Å². The Kier molecular flexibility index (Phi) is 5.32. The molecule has 6 nitrogen and oxygen atoms in total. The van der Waals surface area contributed by atoms with Gasteiger partial charge in [-0.2, -0.15) is 0 Å². The van der Waals surface area contributed by atoms with Gasteiger partial charge in [-0.1, -0.05) is 11.6 Å². The highest BCUT2D eigenvalue weighted by Gasteiger charge is 2.08. The molecule has 0 unspecified atom stereocenters. The first-order valence-electron chi connectivity index (χ1n) is 6.31. The van der Waals surface area contributed by atoms with Crippen LogP contribution in [0.3, 0.4) is 0 Å². The molecular formula is C15H13ClN2O4. The predicted molar refractivity (Wildman–Crippen MR) is 81.2 cm³/mol. The third-order valence-corrected chi connectivity index (χ3v) is 2.98. The Balaban J connectivity index is 1.89. The zero-order valence-corrected chi connectivity index (χ0v) is 12.5. The smallest absolute Gasteiger partial charge is 0.337 e. The highest BCUT2D eigenvalue weighted by molar-refractivity contribution is 6.32. The number of amides is 1. The molecule has 0 radical (unpaired) electrons. The maximum Gasteiger partial charge on any atom is 0.337 e. The van der Waals surface area contributed by atoms with Crippen LogP contribution >= 0.6 is 11.6 Å². The van der Waals surface area contributed by atoms with Gasteiger partial charge in [0.05, 0.1) is 18.4 Å². The average Bonchev–Trinajstić information content (AvgIpc) is 2.55. The van der Waals surface area contributed by atoms with Crippen LogP contribution in [0, 0.1) is 0 Å². The third-order valence-electron chi connectivity index (χ3n) is 2.68. The van der Waals surface area contributed by atoms with E-state index in [4.69, 9.17) is 16.3 Å². The third kappa shape index (κ3) is 4.20. The summed E-state index contributed by atoms with van der Waals surface area (Å²) in [6, 6.07) is 9.56. The van der Waals surface area contributed by atoms with E-state index in [9.17, 15) is 9.59 Å². The van der Waals surface area contributed by atoms with Crippen LogP contribution in [-0.4, -0.2) is 30.6 Å². The first kappa shape index (κ1) is 15.8. The number of aromatic nitrogens is 1. The number of benzene rings is 1. The van der Waals surface area contributed by atoms with Crippen LogP contribution in [-0.2, 0) is 9.53 Å². The number of hydrogen-bond donors (Lipinski definition) is 1. The SMILES string of the molecule is COC(=O)c1ccc(OCC(=O)Nc2cccnc2Cl)cc1. The van der Waals surface area contributed by atoms with E-state index in [2.05, 4.69) is 15.0 Å². The Labute approximate surface area is 132 Å². The van der Waals surface area contributed by atoms with Crippen LogP contribution in [0.25, 0.3) is 0 Å². The molecule has 1 aromatic carbocycles. The van der Waals surface area contributed by atoms with Crippen LogP contribution < -0.4 is 10.1 Å². The summed E-state index contributed by atoms with van der Waals surface area (Å²) in [6.45, 7) is -0.192. The average molecular weight is 321 g/mol. The summed E-state index contributed by atoms with van der Waals surface area (Å²) in [5.41, 5.74) is 0.820. The number of esters is 1. The minimum absolute atomic E-state index is 0.192. The van der Waals surface area contributed by atoms with E-state index in [1.807, 2.05) is 0 Å². The normalized spacial score (nSPS) is 9.91. The molecule has 1 amide bonds. The number of anilines is 1. The lowest BCUT2D eigenvalue weighted by molar-refractivity contribution is -0.118. The van der Waals surface area contributed by atoms with Crippen LogP contribution in [0.2, 0.25) is 5.15 Å². The van der Waals surface area contributed by atoms with E-state index < -0.39 is 5.97 Å². The molecule has 1 N–H and O–H groups in total. The summed E-state index contributed by atoms with van der Waals surface area (Å²) in [5, 5.41) is 2.79. The molecule has 0 aliphatic carbocycles. The lowest BCUT2D eigenvalue weighted by Gasteiger charge is -2.08. The molecule has 0 atom stereocenters. The Bertz CT molecular complexity index is 673. The largest absolute Gasteiger partial charge is 0.484 e. The lowest BCUT2D eigenvalue weighted by Crippen LogP contribution is -2.20. The zero-order valence-electron chi connectivity index (χ0n) is 11.7. The Hall–Kier alpha value is -2.60. The summed E-state index contributed by atoms with van der Waals surface area (Å²) >= 11 is 5.84. The number of methoxy groups -OCH3 is 1. The molecular weight excluding hydrogens is 308 g/mol. The molecule has 1 aromatic heterocycles. The van der Waals surface area contributed by atoms with E-state index in [1.165, 1.54) is 13.3 Å². The molecule has 0 saturated carbocycles.